The van der Waals surface area contributed by atoms with Crippen molar-refractivity contribution in [1.29, 1.82) is 0 Å². The minimum absolute atomic E-state index is 0.0527. The smallest absolute Gasteiger partial charge is 0.262 e. The molecule has 1 spiro atoms. The summed E-state index contributed by atoms with van der Waals surface area (Å²) in [4.78, 5) is 18.2. The van der Waals surface area contributed by atoms with E-state index in [0.717, 1.165) is 55.2 Å². The van der Waals surface area contributed by atoms with Crippen LogP contribution in [0.4, 0.5) is 11.4 Å². The fourth-order valence-electron chi connectivity index (χ4n) is 4.95. The Bertz CT molecular complexity index is 1120. The van der Waals surface area contributed by atoms with Gasteiger partial charge in [-0.15, -0.1) is 0 Å². The Balaban J connectivity index is 1.45. The normalized spacial score (nSPS) is 17.7. The van der Waals surface area contributed by atoms with Crippen molar-refractivity contribution in [1.82, 2.24) is 4.90 Å². The second kappa shape index (κ2) is 8.32. The predicted molar refractivity (Wildman–Crippen MR) is 128 cm³/mol. The highest BCUT2D eigenvalue weighted by Gasteiger charge is 2.47. The van der Waals surface area contributed by atoms with Crippen molar-refractivity contribution in [3.05, 3.63) is 89.5 Å². The lowest BCUT2D eigenvalue weighted by atomic mass is 9.89. The number of nitrogens with zero attached hydrogens (tertiary/aromatic N) is 2. The molecule has 1 saturated heterocycles. The molecule has 5 nitrogen and oxygen atoms in total. The minimum Gasteiger partial charge on any atom is -0.497 e. The molecule has 0 unspecified atom stereocenters. The molecule has 1 fully saturated rings. The molecule has 2 aliphatic rings. The summed E-state index contributed by atoms with van der Waals surface area (Å²) < 4.78 is 5.33. The maximum absolute atomic E-state index is 13.7. The predicted octanol–water partition coefficient (Wildman–Crippen LogP) is 5.07. The number of anilines is 2. The number of methoxy groups -OCH3 is 1. The van der Waals surface area contributed by atoms with E-state index in [0.29, 0.717) is 0 Å². The first kappa shape index (κ1) is 20.6. The van der Waals surface area contributed by atoms with Crippen molar-refractivity contribution in [2.24, 2.45) is 0 Å². The molecule has 32 heavy (non-hydrogen) atoms. The molecule has 0 aliphatic carbocycles. The van der Waals surface area contributed by atoms with Crippen LogP contribution < -0.4 is 15.0 Å². The molecule has 0 bridgehead atoms. The van der Waals surface area contributed by atoms with Crippen molar-refractivity contribution in [2.45, 2.75) is 32.0 Å². The Kier molecular flexibility index (Phi) is 5.35. The summed E-state index contributed by atoms with van der Waals surface area (Å²) in [5, 5.41) is 3.76. The molecule has 0 radical (unpaired) electrons. The Labute approximate surface area is 189 Å². The molecule has 0 saturated carbocycles. The third-order valence-electron chi connectivity index (χ3n) is 6.82. The number of amides is 1. The van der Waals surface area contributed by atoms with Gasteiger partial charge in [-0.05, 0) is 54.4 Å². The van der Waals surface area contributed by atoms with Crippen LogP contribution in [0.5, 0.6) is 5.75 Å². The lowest BCUT2D eigenvalue weighted by Gasteiger charge is -2.52. The molecule has 3 aromatic rings. The number of benzene rings is 3. The van der Waals surface area contributed by atoms with E-state index in [4.69, 9.17) is 4.74 Å². The molecule has 1 amide bonds. The Morgan fingerprint density at radius 1 is 0.938 bits per heavy atom. The maximum atomic E-state index is 13.7. The van der Waals surface area contributed by atoms with Gasteiger partial charge in [0.1, 0.15) is 11.4 Å². The quantitative estimate of drug-likeness (QED) is 0.632. The molecular weight excluding hydrogens is 398 g/mol. The molecule has 0 atom stereocenters. The monoisotopic (exact) mass is 427 g/mol. The zero-order chi connectivity index (χ0) is 22.1. The van der Waals surface area contributed by atoms with Crippen LogP contribution in [0.15, 0.2) is 72.8 Å². The summed E-state index contributed by atoms with van der Waals surface area (Å²) in [5.74, 6) is 0.838. The molecule has 5 rings (SSSR count). The number of likely N-dealkylation sites (tertiary alicyclic amines) is 1. The van der Waals surface area contributed by atoms with E-state index in [1.807, 2.05) is 53.4 Å². The van der Waals surface area contributed by atoms with Gasteiger partial charge in [0.05, 0.1) is 12.7 Å². The van der Waals surface area contributed by atoms with Gasteiger partial charge in [0.2, 0.25) is 0 Å². The standard InChI is InChI=1S/C27H29N3O2/c1-20-7-3-4-8-21(20)19-29-17-15-27(16-18-29)28-25-10-6-5-9-24(25)26(31)30(27)22-11-13-23(32-2)14-12-22/h3-14,28H,15-19H2,1-2H3. The molecule has 5 heteroatoms. The van der Waals surface area contributed by atoms with E-state index in [9.17, 15) is 4.79 Å². The van der Waals surface area contributed by atoms with Crippen molar-refractivity contribution in [3.8, 4) is 5.75 Å². The lowest BCUT2D eigenvalue weighted by Crippen LogP contribution is -2.64. The zero-order valence-corrected chi connectivity index (χ0v) is 18.7. The van der Waals surface area contributed by atoms with E-state index >= 15 is 0 Å². The minimum atomic E-state index is -0.442. The number of fused-ring (bicyclic) bond motifs is 1. The molecule has 164 valence electrons. The molecular formula is C27H29N3O2. The highest BCUT2D eigenvalue weighted by Crippen LogP contribution is 2.41. The van der Waals surface area contributed by atoms with E-state index in [1.165, 1.54) is 11.1 Å². The first-order chi connectivity index (χ1) is 15.6. The summed E-state index contributed by atoms with van der Waals surface area (Å²) in [5.41, 5.74) is 4.79. The highest BCUT2D eigenvalue weighted by atomic mass is 16.5. The Hall–Kier alpha value is -3.31. The second-order valence-electron chi connectivity index (χ2n) is 8.74. The van der Waals surface area contributed by atoms with Crippen molar-refractivity contribution in [2.75, 3.05) is 30.4 Å². The van der Waals surface area contributed by atoms with E-state index < -0.39 is 5.66 Å². The van der Waals surface area contributed by atoms with Gasteiger partial charge >= 0.3 is 0 Å². The molecule has 1 N–H and O–H groups in total. The van der Waals surface area contributed by atoms with Gasteiger partial charge in [-0.1, -0.05) is 36.4 Å². The van der Waals surface area contributed by atoms with Crippen LogP contribution >= 0.6 is 0 Å². The molecule has 2 heterocycles. The number of para-hydroxylation sites is 1. The van der Waals surface area contributed by atoms with E-state index in [1.54, 1.807) is 7.11 Å². The number of piperidine rings is 1. The Morgan fingerprint density at radius 3 is 2.34 bits per heavy atom. The van der Waals surface area contributed by atoms with E-state index in [-0.39, 0.29) is 5.91 Å². The zero-order valence-electron chi connectivity index (χ0n) is 18.7. The number of carbonyl (C=O) groups is 1. The fraction of sp³-hybridized carbons (Fsp3) is 0.296. The van der Waals surface area contributed by atoms with Gasteiger partial charge in [0, 0.05) is 43.9 Å². The highest BCUT2D eigenvalue weighted by molar-refractivity contribution is 6.12. The Morgan fingerprint density at radius 2 is 1.62 bits per heavy atom. The number of aryl methyl sites for hydroxylation is 1. The summed E-state index contributed by atoms with van der Waals surface area (Å²) in [7, 11) is 1.66. The van der Waals surface area contributed by atoms with Gasteiger partial charge in [0.25, 0.3) is 5.91 Å². The average Bonchev–Trinajstić information content (AvgIpc) is 2.82. The van der Waals surface area contributed by atoms with Crippen LogP contribution in [0, 0.1) is 6.92 Å². The fourth-order valence-corrected chi connectivity index (χ4v) is 4.95. The number of nitrogens with one attached hydrogen (secondary N) is 1. The molecule has 3 aromatic carbocycles. The average molecular weight is 428 g/mol. The van der Waals surface area contributed by atoms with Gasteiger partial charge in [-0.2, -0.15) is 0 Å². The number of rotatable bonds is 4. The number of hydrogen-bond donors (Lipinski definition) is 1. The summed E-state index contributed by atoms with van der Waals surface area (Å²) >= 11 is 0. The van der Waals surface area contributed by atoms with Gasteiger partial charge in [0.15, 0.2) is 0 Å². The van der Waals surface area contributed by atoms with E-state index in [2.05, 4.69) is 41.4 Å². The maximum Gasteiger partial charge on any atom is 0.262 e. The van der Waals surface area contributed by atoms with Crippen molar-refractivity contribution >= 4 is 17.3 Å². The largest absolute Gasteiger partial charge is 0.497 e. The lowest BCUT2D eigenvalue weighted by molar-refractivity contribution is 0.0904. The number of carbonyl (C=O) groups excluding carboxylic acids is 1. The molecule has 2 aliphatic heterocycles. The first-order valence-corrected chi connectivity index (χ1v) is 11.2. The van der Waals surface area contributed by atoms with Crippen molar-refractivity contribution < 1.29 is 9.53 Å². The second-order valence-corrected chi connectivity index (χ2v) is 8.74. The first-order valence-electron chi connectivity index (χ1n) is 11.2. The van der Waals surface area contributed by atoms with Crippen LogP contribution in [0.1, 0.15) is 34.3 Å². The van der Waals surface area contributed by atoms with Gasteiger partial charge in [-0.25, -0.2) is 0 Å². The van der Waals surface area contributed by atoms with Crippen LogP contribution in [0.25, 0.3) is 0 Å². The molecule has 0 aromatic heterocycles. The van der Waals surface area contributed by atoms with Gasteiger partial charge in [-0.3, -0.25) is 14.6 Å². The van der Waals surface area contributed by atoms with Crippen LogP contribution in [0.3, 0.4) is 0 Å². The summed E-state index contributed by atoms with van der Waals surface area (Å²) in [6.07, 6.45) is 1.70. The number of hydrogen-bond acceptors (Lipinski definition) is 4. The van der Waals surface area contributed by atoms with Gasteiger partial charge < -0.3 is 10.1 Å². The number of ether oxygens (including phenoxy) is 1. The van der Waals surface area contributed by atoms with Crippen LogP contribution in [-0.2, 0) is 6.54 Å². The topological polar surface area (TPSA) is 44.8 Å². The third-order valence-corrected chi connectivity index (χ3v) is 6.82. The SMILES string of the molecule is COc1ccc(N2C(=O)c3ccccc3NC23CCN(Cc2ccccc2C)CC3)cc1. The third kappa shape index (κ3) is 3.63. The van der Waals surface area contributed by atoms with Crippen molar-refractivity contribution in [3.63, 3.8) is 0 Å². The van der Waals surface area contributed by atoms with Crippen LogP contribution in [0.2, 0.25) is 0 Å². The summed E-state index contributed by atoms with van der Waals surface area (Å²) in [6.45, 7) is 4.95. The summed E-state index contributed by atoms with van der Waals surface area (Å²) in [6, 6.07) is 24.2. The van der Waals surface area contributed by atoms with Crippen LogP contribution in [-0.4, -0.2) is 36.7 Å².